The van der Waals surface area contributed by atoms with Crippen molar-refractivity contribution in [2.75, 3.05) is 13.7 Å². The number of esters is 1. The third-order valence-corrected chi connectivity index (χ3v) is 2.46. The van der Waals surface area contributed by atoms with Crippen molar-refractivity contribution in [1.82, 2.24) is 4.98 Å². The zero-order valence-electron chi connectivity index (χ0n) is 10.5. The van der Waals surface area contributed by atoms with Crippen molar-refractivity contribution in [3.8, 4) is 17.1 Å². The summed E-state index contributed by atoms with van der Waals surface area (Å²) in [5.74, 6) is -0.805. The second-order valence-electron chi connectivity index (χ2n) is 3.60. The lowest BCUT2D eigenvalue weighted by Crippen LogP contribution is -2.06. The van der Waals surface area contributed by atoms with Gasteiger partial charge in [-0.15, -0.1) is 0 Å². The first-order valence-corrected chi connectivity index (χ1v) is 5.62. The van der Waals surface area contributed by atoms with Crippen LogP contribution in [0.25, 0.3) is 11.3 Å². The molecule has 2 rings (SSSR count). The second kappa shape index (κ2) is 5.51. The van der Waals surface area contributed by atoms with Gasteiger partial charge in [0.2, 0.25) is 0 Å². The number of benzene rings is 1. The molecule has 0 spiro atoms. The van der Waals surface area contributed by atoms with E-state index in [1.807, 2.05) is 0 Å². The zero-order valence-corrected chi connectivity index (χ0v) is 10.5. The summed E-state index contributed by atoms with van der Waals surface area (Å²) in [7, 11) is 1.44. The lowest BCUT2D eigenvalue weighted by atomic mass is 10.1. The molecule has 0 aliphatic heterocycles. The summed E-state index contributed by atoms with van der Waals surface area (Å²) in [5, 5.41) is 0. The van der Waals surface area contributed by atoms with E-state index in [9.17, 15) is 9.18 Å². The number of hydrogen-bond donors (Lipinski definition) is 0. The lowest BCUT2D eigenvalue weighted by molar-refractivity contribution is 0.0520. The van der Waals surface area contributed by atoms with Crippen LogP contribution in [0, 0.1) is 5.82 Å². The van der Waals surface area contributed by atoms with Gasteiger partial charge < -0.3 is 13.9 Å². The van der Waals surface area contributed by atoms with Gasteiger partial charge in [0.15, 0.2) is 17.8 Å². The van der Waals surface area contributed by atoms with Crippen molar-refractivity contribution in [1.29, 1.82) is 0 Å². The van der Waals surface area contributed by atoms with Crippen LogP contribution in [0.1, 0.15) is 17.4 Å². The molecular weight excluding hydrogens is 253 g/mol. The SMILES string of the molecule is CCOC(=O)c1ncoc1-c1ccc(OC)cc1F. The number of halogens is 1. The molecule has 0 aliphatic carbocycles. The smallest absolute Gasteiger partial charge is 0.360 e. The minimum atomic E-state index is -0.651. The topological polar surface area (TPSA) is 61.6 Å². The Morgan fingerprint density at radius 1 is 1.47 bits per heavy atom. The van der Waals surface area contributed by atoms with E-state index < -0.39 is 11.8 Å². The van der Waals surface area contributed by atoms with Gasteiger partial charge in [-0.1, -0.05) is 0 Å². The Bertz CT molecular complexity index is 594. The van der Waals surface area contributed by atoms with Gasteiger partial charge in [-0.05, 0) is 19.1 Å². The molecule has 5 nitrogen and oxygen atoms in total. The van der Waals surface area contributed by atoms with Gasteiger partial charge in [-0.3, -0.25) is 0 Å². The third-order valence-electron chi connectivity index (χ3n) is 2.46. The molecule has 6 heteroatoms. The highest BCUT2D eigenvalue weighted by atomic mass is 19.1. The standard InChI is InChI=1S/C13H12FNO4/c1-3-18-13(16)11-12(19-7-15-11)9-5-4-8(17-2)6-10(9)14/h4-7H,3H2,1-2H3. The first-order valence-electron chi connectivity index (χ1n) is 5.62. The highest BCUT2D eigenvalue weighted by Crippen LogP contribution is 2.28. The fourth-order valence-corrected chi connectivity index (χ4v) is 1.59. The molecule has 19 heavy (non-hydrogen) atoms. The summed E-state index contributed by atoms with van der Waals surface area (Å²) in [6, 6.07) is 4.22. The molecule has 0 unspecified atom stereocenters. The van der Waals surface area contributed by atoms with Gasteiger partial charge in [0.25, 0.3) is 0 Å². The molecule has 0 saturated heterocycles. The minimum absolute atomic E-state index is 0.0404. The molecule has 0 fully saturated rings. The second-order valence-corrected chi connectivity index (χ2v) is 3.60. The van der Waals surface area contributed by atoms with E-state index in [-0.39, 0.29) is 23.6 Å². The Morgan fingerprint density at radius 2 is 2.26 bits per heavy atom. The van der Waals surface area contributed by atoms with E-state index in [1.165, 1.54) is 19.2 Å². The number of oxazole rings is 1. The fourth-order valence-electron chi connectivity index (χ4n) is 1.59. The van der Waals surface area contributed by atoms with E-state index >= 15 is 0 Å². The van der Waals surface area contributed by atoms with Gasteiger partial charge in [0.05, 0.1) is 19.3 Å². The molecular formula is C13H12FNO4. The van der Waals surface area contributed by atoms with Gasteiger partial charge >= 0.3 is 5.97 Å². The van der Waals surface area contributed by atoms with E-state index in [0.29, 0.717) is 5.75 Å². The van der Waals surface area contributed by atoms with Crippen LogP contribution in [0.5, 0.6) is 5.75 Å². The van der Waals surface area contributed by atoms with Gasteiger partial charge in [0, 0.05) is 6.07 Å². The molecule has 0 aliphatic rings. The number of ether oxygens (including phenoxy) is 2. The molecule has 2 aromatic rings. The van der Waals surface area contributed by atoms with Crippen molar-refractivity contribution in [2.24, 2.45) is 0 Å². The quantitative estimate of drug-likeness (QED) is 0.795. The van der Waals surface area contributed by atoms with Crippen molar-refractivity contribution < 1.29 is 23.1 Å². The van der Waals surface area contributed by atoms with Crippen LogP contribution in [0.2, 0.25) is 0 Å². The molecule has 0 saturated carbocycles. The largest absolute Gasteiger partial charge is 0.497 e. The zero-order chi connectivity index (χ0) is 13.8. The summed E-state index contributed by atoms with van der Waals surface area (Å²) in [4.78, 5) is 15.4. The highest BCUT2D eigenvalue weighted by Gasteiger charge is 2.21. The van der Waals surface area contributed by atoms with E-state index in [1.54, 1.807) is 13.0 Å². The average Bonchev–Trinajstić information content (AvgIpc) is 2.88. The normalized spacial score (nSPS) is 10.3. The number of carbonyl (C=O) groups excluding carboxylic acids is 1. The molecule has 1 aromatic heterocycles. The Morgan fingerprint density at radius 3 is 2.89 bits per heavy atom. The summed E-state index contributed by atoms with van der Waals surface area (Å²) in [6.07, 6.45) is 1.07. The summed E-state index contributed by atoms with van der Waals surface area (Å²) >= 11 is 0. The molecule has 100 valence electrons. The maximum atomic E-state index is 13.9. The molecule has 0 amide bonds. The Hall–Kier alpha value is -2.37. The van der Waals surface area contributed by atoms with Crippen LogP contribution in [0.3, 0.4) is 0 Å². The van der Waals surface area contributed by atoms with Crippen molar-refractivity contribution in [2.45, 2.75) is 6.92 Å². The first-order chi connectivity index (χ1) is 9.17. The molecule has 1 heterocycles. The number of methoxy groups -OCH3 is 1. The van der Waals surface area contributed by atoms with E-state index in [4.69, 9.17) is 13.9 Å². The number of nitrogens with zero attached hydrogens (tertiary/aromatic N) is 1. The predicted octanol–water partition coefficient (Wildman–Crippen LogP) is 2.67. The first kappa shape index (κ1) is 13.1. The lowest BCUT2D eigenvalue weighted by Gasteiger charge is -2.04. The third kappa shape index (κ3) is 2.57. The Kier molecular flexibility index (Phi) is 3.79. The highest BCUT2D eigenvalue weighted by molar-refractivity contribution is 5.93. The Labute approximate surface area is 109 Å². The van der Waals surface area contributed by atoms with Crippen LogP contribution >= 0.6 is 0 Å². The Balaban J connectivity index is 2.42. The minimum Gasteiger partial charge on any atom is -0.497 e. The average molecular weight is 265 g/mol. The number of hydrogen-bond acceptors (Lipinski definition) is 5. The molecule has 1 aromatic carbocycles. The van der Waals surface area contributed by atoms with Crippen molar-refractivity contribution >= 4 is 5.97 Å². The number of carbonyl (C=O) groups is 1. The fraction of sp³-hybridized carbons (Fsp3) is 0.231. The van der Waals surface area contributed by atoms with E-state index in [0.717, 1.165) is 6.39 Å². The van der Waals surface area contributed by atoms with E-state index in [2.05, 4.69) is 4.98 Å². The van der Waals surface area contributed by atoms with Crippen LogP contribution < -0.4 is 4.74 Å². The molecule has 0 radical (unpaired) electrons. The number of rotatable bonds is 4. The van der Waals surface area contributed by atoms with Gasteiger partial charge in [-0.25, -0.2) is 14.2 Å². The van der Waals surface area contributed by atoms with Crippen molar-refractivity contribution in [3.63, 3.8) is 0 Å². The summed E-state index contributed by atoms with van der Waals surface area (Å²) < 4.78 is 28.7. The van der Waals surface area contributed by atoms with Crippen LogP contribution in [0.4, 0.5) is 4.39 Å². The van der Waals surface area contributed by atoms with Crippen LogP contribution in [-0.4, -0.2) is 24.7 Å². The monoisotopic (exact) mass is 265 g/mol. The van der Waals surface area contributed by atoms with Crippen LogP contribution in [-0.2, 0) is 4.74 Å². The van der Waals surface area contributed by atoms with Gasteiger partial charge in [0.1, 0.15) is 11.6 Å². The summed E-state index contributed by atoms with van der Waals surface area (Å²) in [5.41, 5.74) is 0.0762. The number of aromatic nitrogens is 1. The molecule has 0 atom stereocenters. The maximum absolute atomic E-state index is 13.9. The van der Waals surface area contributed by atoms with Crippen molar-refractivity contribution in [3.05, 3.63) is 36.1 Å². The predicted molar refractivity (Wildman–Crippen MR) is 64.4 cm³/mol. The summed E-state index contributed by atoms with van der Waals surface area (Å²) in [6.45, 7) is 1.88. The van der Waals surface area contributed by atoms with Crippen LogP contribution in [0.15, 0.2) is 29.0 Å². The molecule has 0 N–H and O–H groups in total. The maximum Gasteiger partial charge on any atom is 0.360 e. The molecule has 0 bridgehead atoms. The van der Waals surface area contributed by atoms with Gasteiger partial charge in [-0.2, -0.15) is 0 Å².